The molecule has 0 aliphatic heterocycles. The summed E-state index contributed by atoms with van der Waals surface area (Å²) in [6.45, 7) is 3.67. The third-order valence-electron chi connectivity index (χ3n) is 4.28. The van der Waals surface area contributed by atoms with E-state index < -0.39 is 0 Å². The first-order chi connectivity index (χ1) is 11.8. The number of anilines is 2. The molecule has 2 N–H and O–H groups in total. The van der Waals surface area contributed by atoms with E-state index in [1.165, 1.54) is 31.2 Å². The Kier molecular flexibility index (Phi) is 5.83. The minimum atomic E-state index is 0.679. The zero-order valence-electron chi connectivity index (χ0n) is 14.4. The van der Waals surface area contributed by atoms with Crippen LogP contribution in [0.3, 0.4) is 0 Å². The molecule has 126 valence electrons. The summed E-state index contributed by atoms with van der Waals surface area (Å²) in [6.07, 6.45) is 8.70. The van der Waals surface area contributed by atoms with Gasteiger partial charge in [0, 0.05) is 24.8 Å². The molecular formula is C20H26N4. The summed E-state index contributed by atoms with van der Waals surface area (Å²) in [6, 6.07) is 12.3. The Bertz CT molecular complexity index is 679. The van der Waals surface area contributed by atoms with Gasteiger partial charge < -0.3 is 10.6 Å². The average Bonchev–Trinajstić information content (AvgIpc) is 2.61. The van der Waals surface area contributed by atoms with Crippen LogP contribution >= 0.6 is 0 Å². The number of allylic oxidation sites excluding steroid dienone is 1. The SMILES string of the molecule is Cc1cc(NCCC2=CCCCC2)nc(NCc2ccccc2)n1. The van der Waals surface area contributed by atoms with Crippen molar-refractivity contribution in [1.29, 1.82) is 0 Å². The van der Waals surface area contributed by atoms with Gasteiger partial charge in [-0.3, -0.25) is 0 Å². The lowest BCUT2D eigenvalue weighted by Crippen LogP contribution is -2.09. The molecule has 24 heavy (non-hydrogen) atoms. The molecule has 0 atom stereocenters. The Balaban J connectivity index is 1.54. The predicted molar refractivity (Wildman–Crippen MR) is 100 cm³/mol. The van der Waals surface area contributed by atoms with Crippen LogP contribution in [0.1, 0.15) is 43.4 Å². The lowest BCUT2D eigenvalue weighted by Gasteiger charge is -2.14. The molecule has 0 bridgehead atoms. The quantitative estimate of drug-likeness (QED) is 0.726. The van der Waals surface area contributed by atoms with Crippen molar-refractivity contribution in [3.8, 4) is 0 Å². The smallest absolute Gasteiger partial charge is 0.225 e. The minimum Gasteiger partial charge on any atom is -0.370 e. The number of nitrogens with one attached hydrogen (secondary N) is 2. The zero-order valence-corrected chi connectivity index (χ0v) is 14.4. The maximum absolute atomic E-state index is 4.58. The van der Waals surface area contributed by atoms with E-state index in [1.807, 2.05) is 31.2 Å². The fourth-order valence-electron chi connectivity index (χ4n) is 3.00. The molecule has 0 unspecified atom stereocenters. The van der Waals surface area contributed by atoms with Crippen LogP contribution in [0.4, 0.5) is 11.8 Å². The lowest BCUT2D eigenvalue weighted by atomic mass is 9.97. The summed E-state index contributed by atoms with van der Waals surface area (Å²) in [7, 11) is 0. The monoisotopic (exact) mass is 322 g/mol. The van der Waals surface area contributed by atoms with Gasteiger partial charge in [-0.05, 0) is 44.6 Å². The molecular weight excluding hydrogens is 296 g/mol. The topological polar surface area (TPSA) is 49.8 Å². The van der Waals surface area contributed by atoms with Gasteiger partial charge in [-0.15, -0.1) is 0 Å². The second kappa shape index (κ2) is 8.48. The Hall–Kier alpha value is -2.36. The molecule has 1 aromatic carbocycles. The fourth-order valence-corrected chi connectivity index (χ4v) is 3.00. The first-order valence-electron chi connectivity index (χ1n) is 8.85. The highest BCUT2D eigenvalue weighted by Gasteiger charge is 2.05. The van der Waals surface area contributed by atoms with Gasteiger partial charge >= 0.3 is 0 Å². The standard InChI is InChI=1S/C20H26N4/c1-16-14-19(21-13-12-17-8-4-2-5-9-17)24-20(23-16)22-15-18-10-6-3-7-11-18/h3,6-8,10-11,14H,2,4-5,9,12-13,15H2,1H3,(H2,21,22,23,24). The fraction of sp³-hybridized carbons (Fsp3) is 0.400. The van der Waals surface area contributed by atoms with Crippen molar-refractivity contribution in [3.63, 3.8) is 0 Å². The molecule has 0 spiro atoms. The van der Waals surface area contributed by atoms with E-state index in [0.29, 0.717) is 5.95 Å². The molecule has 1 aromatic heterocycles. The second-order valence-electron chi connectivity index (χ2n) is 6.34. The molecule has 0 amide bonds. The van der Waals surface area contributed by atoms with Crippen LogP contribution in [0, 0.1) is 6.92 Å². The Morgan fingerprint density at radius 3 is 2.71 bits per heavy atom. The average molecular weight is 322 g/mol. The van der Waals surface area contributed by atoms with Gasteiger partial charge in [0.25, 0.3) is 0 Å². The Labute approximate surface area is 144 Å². The van der Waals surface area contributed by atoms with E-state index >= 15 is 0 Å². The third kappa shape index (κ3) is 5.08. The normalized spacial score (nSPS) is 14.1. The molecule has 1 aliphatic rings. The molecule has 1 heterocycles. The van der Waals surface area contributed by atoms with Gasteiger partial charge in [-0.2, -0.15) is 4.98 Å². The van der Waals surface area contributed by atoms with Gasteiger partial charge in [-0.25, -0.2) is 4.98 Å². The summed E-state index contributed by atoms with van der Waals surface area (Å²) in [5.41, 5.74) is 3.78. The number of nitrogens with zero attached hydrogens (tertiary/aromatic N) is 2. The zero-order chi connectivity index (χ0) is 16.6. The van der Waals surface area contributed by atoms with Crippen molar-refractivity contribution in [3.05, 3.63) is 59.3 Å². The van der Waals surface area contributed by atoms with Crippen LogP contribution in [0.25, 0.3) is 0 Å². The molecule has 0 fully saturated rings. The molecule has 2 aromatic rings. The largest absolute Gasteiger partial charge is 0.370 e. The number of aromatic nitrogens is 2. The molecule has 0 radical (unpaired) electrons. The van der Waals surface area contributed by atoms with Crippen molar-refractivity contribution < 1.29 is 0 Å². The first kappa shape index (κ1) is 16.5. The number of hydrogen-bond acceptors (Lipinski definition) is 4. The van der Waals surface area contributed by atoms with E-state index in [2.05, 4.69) is 38.8 Å². The summed E-state index contributed by atoms with van der Waals surface area (Å²) >= 11 is 0. The van der Waals surface area contributed by atoms with Crippen LogP contribution in [-0.2, 0) is 6.54 Å². The molecule has 4 heteroatoms. The van der Waals surface area contributed by atoms with E-state index in [1.54, 1.807) is 5.57 Å². The minimum absolute atomic E-state index is 0.679. The summed E-state index contributed by atoms with van der Waals surface area (Å²) in [4.78, 5) is 9.05. The van der Waals surface area contributed by atoms with Crippen molar-refractivity contribution >= 4 is 11.8 Å². The Morgan fingerprint density at radius 2 is 1.92 bits per heavy atom. The predicted octanol–water partition coefficient (Wildman–Crippen LogP) is 4.70. The highest BCUT2D eigenvalue weighted by atomic mass is 15.1. The van der Waals surface area contributed by atoms with E-state index in [0.717, 1.165) is 31.0 Å². The van der Waals surface area contributed by atoms with E-state index in [9.17, 15) is 0 Å². The van der Waals surface area contributed by atoms with Gasteiger partial charge in [0.15, 0.2) is 0 Å². The van der Waals surface area contributed by atoms with Crippen molar-refractivity contribution in [2.75, 3.05) is 17.2 Å². The third-order valence-corrected chi connectivity index (χ3v) is 4.28. The van der Waals surface area contributed by atoms with E-state index in [4.69, 9.17) is 0 Å². The molecule has 1 aliphatic carbocycles. The number of benzene rings is 1. The van der Waals surface area contributed by atoms with Crippen LogP contribution in [0.15, 0.2) is 48.0 Å². The molecule has 0 saturated carbocycles. The van der Waals surface area contributed by atoms with Crippen LogP contribution < -0.4 is 10.6 Å². The molecule has 0 saturated heterocycles. The maximum Gasteiger partial charge on any atom is 0.225 e. The second-order valence-corrected chi connectivity index (χ2v) is 6.34. The maximum atomic E-state index is 4.58. The highest BCUT2D eigenvalue weighted by Crippen LogP contribution is 2.20. The highest BCUT2D eigenvalue weighted by molar-refractivity contribution is 5.42. The Morgan fingerprint density at radius 1 is 1.04 bits per heavy atom. The van der Waals surface area contributed by atoms with Gasteiger partial charge in [0.1, 0.15) is 5.82 Å². The summed E-state index contributed by atoms with van der Waals surface area (Å²) < 4.78 is 0. The van der Waals surface area contributed by atoms with Gasteiger partial charge in [0.05, 0.1) is 0 Å². The molecule has 4 nitrogen and oxygen atoms in total. The van der Waals surface area contributed by atoms with Crippen molar-refractivity contribution in [2.24, 2.45) is 0 Å². The van der Waals surface area contributed by atoms with Gasteiger partial charge in [0.2, 0.25) is 5.95 Å². The summed E-state index contributed by atoms with van der Waals surface area (Å²) in [5, 5.41) is 6.75. The van der Waals surface area contributed by atoms with Crippen LogP contribution in [0.2, 0.25) is 0 Å². The van der Waals surface area contributed by atoms with Crippen molar-refractivity contribution in [1.82, 2.24) is 9.97 Å². The van der Waals surface area contributed by atoms with E-state index in [-0.39, 0.29) is 0 Å². The number of rotatable bonds is 7. The molecule has 3 rings (SSSR count). The number of aryl methyl sites for hydroxylation is 1. The van der Waals surface area contributed by atoms with Crippen LogP contribution in [-0.4, -0.2) is 16.5 Å². The number of hydrogen-bond donors (Lipinski definition) is 2. The summed E-state index contributed by atoms with van der Waals surface area (Å²) in [5.74, 6) is 1.58. The lowest BCUT2D eigenvalue weighted by molar-refractivity contribution is 0.679. The van der Waals surface area contributed by atoms with Gasteiger partial charge in [-0.1, -0.05) is 42.0 Å². The van der Waals surface area contributed by atoms with Crippen LogP contribution in [0.5, 0.6) is 0 Å². The first-order valence-corrected chi connectivity index (χ1v) is 8.85. The van der Waals surface area contributed by atoms with Crippen molar-refractivity contribution in [2.45, 2.75) is 45.6 Å².